The van der Waals surface area contributed by atoms with Crippen molar-refractivity contribution in [2.24, 2.45) is 5.41 Å². The van der Waals surface area contributed by atoms with Crippen molar-refractivity contribution < 1.29 is 4.74 Å². The minimum Gasteiger partial charge on any atom is -0.378 e. The highest BCUT2D eigenvalue weighted by Crippen LogP contribution is 2.68. The van der Waals surface area contributed by atoms with Crippen LogP contribution in [0.25, 0.3) is 16.7 Å². The molecule has 174 valence electrons. The highest BCUT2D eigenvalue weighted by Gasteiger charge is 2.61. The topological polar surface area (TPSA) is 83.1 Å². The van der Waals surface area contributed by atoms with Gasteiger partial charge in [-0.05, 0) is 49.7 Å². The zero-order valence-corrected chi connectivity index (χ0v) is 19.6. The number of anilines is 1. The Morgan fingerprint density at radius 2 is 1.94 bits per heavy atom. The average molecular weight is 456 g/mol. The quantitative estimate of drug-likeness (QED) is 0.600. The summed E-state index contributed by atoms with van der Waals surface area (Å²) >= 11 is 0. The summed E-state index contributed by atoms with van der Waals surface area (Å²) in [6.07, 6.45) is 6.42. The van der Waals surface area contributed by atoms with Gasteiger partial charge in [0.15, 0.2) is 5.82 Å². The summed E-state index contributed by atoms with van der Waals surface area (Å²) in [4.78, 5) is 14.4. The van der Waals surface area contributed by atoms with E-state index in [-0.39, 0.29) is 5.41 Å². The SMILES string of the molecule is Cc1nc(N2CCN3CCOCC3C2)cc(-n2ncc3ccc(C4(C#N)CC5(CC5)C4)cc32)n1. The van der Waals surface area contributed by atoms with Crippen molar-refractivity contribution in [2.45, 2.75) is 44.1 Å². The molecule has 2 saturated heterocycles. The highest BCUT2D eigenvalue weighted by molar-refractivity contribution is 5.81. The number of benzene rings is 1. The fourth-order valence-electron chi connectivity index (χ4n) is 6.37. The Balaban J connectivity index is 1.23. The van der Waals surface area contributed by atoms with Crippen molar-refractivity contribution in [1.82, 2.24) is 24.6 Å². The Morgan fingerprint density at radius 1 is 1.09 bits per heavy atom. The summed E-state index contributed by atoms with van der Waals surface area (Å²) in [7, 11) is 0. The van der Waals surface area contributed by atoms with Crippen LogP contribution in [0.4, 0.5) is 5.82 Å². The molecule has 0 amide bonds. The summed E-state index contributed by atoms with van der Waals surface area (Å²) in [6, 6.07) is 11.5. The van der Waals surface area contributed by atoms with Gasteiger partial charge in [-0.1, -0.05) is 12.1 Å². The maximum absolute atomic E-state index is 10.0. The molecule has 1 aromatic carbocycles. The number of morpholine rings is 1. The molecule has 2 aromatic heterocycles. The first kappa shape index (κ1) is 20.4. The lowest BCUT2D eigenvalue weighted by molar-refractivity contribution is -0.0117. The van der Waals surface area contributed by atoms with E-state index in [9.17, 15) is 5.26 Å². The lowest BCUT2D eigenvalue weighted by Gasteiger charge is -2.44. The van der Waals surface area contributed by atoms with E-state index in [1.54, 1.807) is 0 Å². The standard InChI is InChI=1S/C26H29N7O/c1-18-29-23(32-7-6-31-8-9-34-14-21(31)13-32)11-24(30-18)33-22-10-20(3-2-19(22)12-28-33)26(17-27)15-25(16-26)4-5-25/h2-3,10-12,21H,4-9,13-16H2,1H3. The van der Waals surface area contributed by atoms with Crippen LogP contribution in [0, 0.1) is 23.7 Å². The van der Waals surface area contributed by atoms with E-state index in [1.165, 1.54) is 12.8 Å². The van der Waals surface area contributed by atoms with Crippen LogP contribution in [0.2, 0.25) is 0 Å². The van der Waals surface area contributed by atoms with Gasteiger partial charge in [0.05, 0.1) is 42.5 Å². The Hall–Kier alpha value is -3.02. The predicted octanol–water partition coefficient (Wildman–Crippen LogP) is 2.98. The van der Waals surface area contributed by atoms with Crippen LogP contribution in [-0.2, 0) is 10.2 Å². The summed E-state index contributed by atoms with van der Waals surface area (Å²) in [6.45, 7) is 7.45. The van der Waals surface area contributed by atoms with E-state index >= 15 is 0 Å². The second-order valence-electron chi connectivity index (χ2n) is 10.7. The number of nitriles is 1. The Morgan fingerprint density at radius 3 is 2.76 bits per heavy atom. The normalized spacial score (nSPS) is 25.1. The third-order valence-corrected chi connectivity index (χ3v) is 8.44. The minimum absolute atomic E-state index is 0.353. The molecule has 7 rings (SSSR count). The zero-order valence-electron chi connectivity index (χ0n) is 19.6. The number of hydrogen-bond donors (Lipinski definition) is 0. The molecule has 1 unspecified atom stereocenters. The molecule has 0 radical (unpaired) electrons. The number of nitrogens with zero attached hydrogens (tertiary/aromatic N) is 7. The number of hydrogen-bond acceptors (Lipinski definition) is 7. The highest BCUT2D eigenvalue weighted by atomic mass is 16.5. The Kier molecular flexibility index (Phi) is 4.33. The van der Waals surface area contributed by atoms with Gasteiger partial charge >= 0.3 is 0 Å². The van der Waals surface area contributed by atoms with E-state index in [1.807, 2.05) is 23.9 Å². The van der Waals surface area contributed by atoms with Gasteiger partial charge in [-0.25, -0.2) is 14.6 Å². The Labute approximate surface area is 199 Å². The van der Waals surface area contributed by atoms with Gasteiger partial charge in [-0.3, -0.25) is 4.90 Å². The van der Waals surface area contributed by atoms with E-state index in [4.69, 9.17) is 14.7 Å². The van der Waals surface area contributed by atoms with E-state index in [0.29, 0.717) is 11.5 Å². The summed E-state index contributed by atoms with van der Waals surface area (Å²) in [5.74, 6) is 2.45. The first-order valence-corrected chi connectivity index (χ1v) is 12.4. The number of fused-ring (bicyclic) bond motifs is 2. The summed E-state index contributed by atoms with van der Waals surface area (Å²) < 4.78 is 7.63. The number of piperazine rings is 1. The molecule has 3 aromatic rings. The van der Waals surface area contributed by atoms with Crippen molar-refractivity contribution in [1.29, 1.82) is 5.26 Å². The van der Waals surface area contributed by atoms with Gasteiger partial charge in [0.1, 0.15) is 11.6 Å². The van der Waals surface area contributed by atoms with Crippen molar-refractivity contribution >= 4 is 16.7 Å². The fraction of sp³-hybridized carbons (Fsp3) is 0.538. The molecule has 2 aliphatic heterocycles. The monoisotopic (exact) mass is 455 g/mol. The van der Waals surface area contributed by atoms with Crippen LogP contribution in [0.3, 0.4) is 0 Å². The van der Waals surface area contributed by atoms with Crippen LogP contribution in [0.5, 0.6) is 0 Å². The van der Waals surface area contributed by atoms with E-state index < -0.39 is 0 Å². The molecular weight excluding hydrogens is 426 g/mol. The average Bonchev–Trinajstić information content (AvgIpc) is 3.52. The smallest absolute Gasteiger partial charge is 0.159 e. The maximum atomic E-state index is 10.0. The van der Waals surface area contributed by atoms with Crippen molar-refractivity contribution in [2.75, 3.05) is 44.3 Å². The zero-order chi connectivity index (χ0) is 22.9. The van der Waals surface area contributed by atoms with Crippen LogP contribution in [0.15, 0.2) is 30.5 Å². The molecule has 8 nitrogen and oxygen atoms in total. The molecule has 2 aliphatic carbocycles. The molecular formula is C26H29N7O. The minimum atomic E-state index is -0.353. The predicted molar refractivity (Wildman–Crippen MR) is 128 cm³/mol. The summed E-state index contributed by atoms with van der Waals surface area (Å²) in [5.41, 5.74) is 2.21. The van der Waals surface area contributed by atoms with Crippen molar-refractivity contribution in [3.63, 3.8) is 0 Å². The maximum Gasteiger partial charge on any atom is 0.159 e. The van der Waals surface area contributed by atoms with E-state index in [0.717, 1.165) is 86.2 Å². The van der Waals surface area contributed by atoms with Crippen molar-refractivity contribution in [3.8, 4) is 11.9 Å². The van der Waals surface area contributed by atoms with E-state index in [2.05, 4.69) is 39.2 Å². The van der Waals surface area contributed by atoms with Gasteiger partial charge < -0.3 is 9.64 Å². The molecule has 0 N–H and O–H groups in total. The first-order valence-electron chi connectivity index (χ1n) is 12.4. The van der Waals surface area contributed by atoms with Gasteiger partial charge in [-0.2, -0.15) is 10.4 Å². The molecule has 0 bridgehead atoms. The van der Waals surface area contributed by atoms with Gasteiger partial charge in [0, 0.05) is 37.6 Å². The first-order chi connectivity index (χ1) is 16.6. The third-order valence-electron chi connectivity index (χ3n) is 8.44. The molecule has 1 spiro atoms. The lowest BCUT2D eigenvalue weighted by atomic mass is 9.57. The number of aryl methyl sites for hydroxylation is 1. The molecule has 2 saturated carbocycles. The lowest BCUT2D eigenvalue weighted by Crippen LogP contribution is -2.58. The van der Waals surface area contributed by atoms with Crippen LogP contribution in [-0.4, -0.2) is 70.1 Å². The fourth-order valence-corrected chi connectivity index (χ4v) is 6.37. The van der Waals surface area contributed by atoms with Crippen LogP contribution >= 0.6 is 0 Å². The molecule has 8 heteroatoms. The number of aromatic nitrogens is 4. The third kappa shape index (κ3) is 3.14. The molecule has 4 fully saturated rings. The molecule has 4 heterocycles. The molecule has 4 aliphatic rings. The molecule has 1 atom stereocenters. The Bertz CT molecular complexity index is 1310. The second kappa shape index (κ2) is 7.24. The number of rotatable bonds is 3. The van der Waals surface area contributed by atoms with Gasteiger partial charge in [0.2, 0.25) is 0 Å². The molecule has 34 heavy (non-hydrogen) atoms. The number of ether oxygens (including phenoxy) is 1. The summed E-state index contributed by atoms with van der Waals surface area (Å²) in [5, 5.41) is 15.8. The van der Waals surface area contributed by atoms with Crippen LogP contribution < -0.4 is 4.90 Å². The second-order valence-corrected chi connectivity index (χ2v) is 10.7. The van der Waals surface area contributed by atoms with Gasteiger partial charge in [-0.15, -0.1) is 0 Å². The largest absolute Gasteiger partial charge is 0.378 e. The van der Waals surface area contributed by atoms with Crippen LogP contribution in [0.1, 0.15) is 37.1 Å². The van der Waals surface area contributed by atoms with Gasteiger partial charge in [0.25, 0.3) is 0 Å². The van der Waals surface area contributed by atoms with Crippen molar-refractivity contribution in [3.05, 3.63) is 41.9 Å².